The van der Waals surface area contributed by atoms with Crippen molar-refractivity contribution >= 4 is 23.4 Å². The van der Waals surface area contributed by atoms with Gasteiger partial charge in [-0.05, 0) is 42.8 Å². The molecular weight excluding hydrogens is 367 g/mol. The average Bonchev–Trinajstić information content (AvgIpc) is 2.93. The van der Waals surface area contributed by atoms with Crippen LogP contribution in [0.5, 0.6) is 0 Å². The van der Waals surface area contributed by atoms with Crippen molar-refractivity contribution in [3.05, 3.63) is 71.3 Å². The van der Waals surface area contributed by atoms with Gasteiger partial charge in [-0.2, -0.15) is 0 Å². The van der Waals surface area contributed by atoms with E-state index >= 15 is 0 Å². The lowest BCUT2D eigenvalue weighted by molar-refractivity contribution is -0.140. The first kappa shape index (κ1) is 19.2. The summed E-state index contributed by atoms with van der Waals surface area (Å²) in [6.45, 7) is 0.0122. The van der Waals surface area contributed by atoms with Gasteiger partial charge in [-0.3, -0.25) is 19.4 Å². The lowest BCUT2D eigenvalue weighted by Crippen LogP contribution is -2.31. The van der Waals surface area contributed by atoms with Crippen molar-refractivity contribution in [2.45, 2.75) is 18.9 Å². The standard InChI is InChI=1S/C20H17FN2O5/c21-13-8-6-12(7-9-13)18(26)16-17(14-4-1-2-10-22-14)23(20(28)19(16)27)11-3-5-15(24)25/h1-2,4,6-10,17,26H,3,5,11H2,(H,24,25)/t17-/m0/s1. The minimum atomic E-state index is -1.02. The molecule has 0 bridgehead atoms. The maximum Gasteiger partial charge on any atom is 0.303 e. The summed E-state index contributed by atoms with van der Waals surface area (Å²) in [6, 6.07) is 8.87. The Morgan fingerprint density at radius 2 is 1.82 bits per heavy atom. The van der Waals surface area contributed by atoms with Crippen LogP contribution in [0.4, 0.5) is 4.39 Å². The first-order valence-corrected chi connectivity index (χ1v) is 8.57. The monoisotopic (exact) mass is 384 g/mol. The number of ketones is 1. The van der Waals surface area contributed by atoms with Crippen molar-refractivity contribution in [2.75, 3.05) is 6.54 Å². The van der Waals surface area contributed by atoms with Crippen LogP contribution in [0.15, 0.2) is 54.2 Å². The summed E-state index contributed by atoms with van der Waals surface area (Å²) in [5.74, 6) is -3.70. The molecule has 2 heterocycles. The maximum atomic E-state index is 13.2. The van der Waals surface area contributed by atoms with Crippen molar-refractivity contribution in [3.63, 3.8) is 0 Å². The normalized spacial score (nSPS) is 18.5. The number of aromatic nitrogens is 1. The summed E-state index contributed by atoms with van der Waals surface area (Å²) >= 11 is 0. The fourth-order valence-electron chi connectivity index (χ4n) is 3.12. The number of amides is 1. The van der Waals surface area contributed by atoms with Crippen LogP contribution in [0.2, 0.25) is 0 Å². The zero-order valence-corrected chi connectivity index (χ0v) is 14.7. The number of aliphatic hydroxyl groups excluding tert-OH is 1. The van der Waals surface area contributed by atoms with Crippen LogP contribution >= 0.6 is 0 Å². The maximum absolute atomic E-state index is 13.2. The van der Waals surface area contributed by atoms with Gasteiger partial charge in [-0.25, -0.2) is 4.39 Å². The second kappa shape index (κ2) is 7.99. The molecule has 0 saturated carbocycles. The second-order valence-corrected chi connectivity index (χ2v) is 6.25. The van der Waals surface area contributed by atoms with E-state index in [1.54, 1.807) is 18.2 Å². The number of nitrogens with zero attached hydrogens (tertiary/aromatic N) is 2. The average molecular weight is 384 g/mol. The second-order valence-electron chi connectivity index (χ2n) is 6.25. The number of pyridine rings is 1. The highest BCUT2D eigenvalue weighted by atomic mass is 19.1. The predicted octanol–water partition coefficient (Wildman–Crippen LogP) is 2.51. The summed E-state index contributed by atoms with van der Waals surface area (Å²) in [6.07, 6.45) is 1.46. The van der Waals surface area contributed by atoms with E-state index in [1.807, 2.05) is 0 Å². The number of carbonyl (C=O) groups is 3. The number of Topliss-reactive ketones (excluding diaryl/α,β-unsaturated/α-hetero) is 1. The van der Waals surface area contributed by atoms with Crippen LogP contribution in [-0.2, 0) is 14.4 Å². The summed E-state index contributed by atoms with van der Waals surface area (Å²) in [5.41, 5.74) is 0.386. The molecule has 1 amide bonds. The molecule has 1 atom stereocenters. The van der Waals surface area contributed by atoms with Crippen LogP contribution < -0.4 is 0 Å². The Labute approximate surface area is 159 Å². The number of rotatable bonds is 6. The van der Waals surface area contributed by atoms with Gasteiger partial charge in [0.15, 0.2) is 0 Å². The van der Waals surface area contributed by atoms with Gasteiger partial charge >= 0.3 is 5.97 Å². The van der Waals surface area contributed by atoms with E-state index in [-0.39, 0.29) is 30.5 Å². The van der Waals surface area contributed by atoms with Crippen LogP contribution in [-0.4, -0.2) is 44.3 Å². The molecule has 8 heteroatoms. The first-order valence-electron chi connectivity index (χ1n) is 8.57. The molecule has 0 unspecified atom stereocenters. The van der Waals surface area contributed by atoms with E-state index in [2.05, 4.69) is 4.98 Å². The number of carboxylic acid groups (broad SMARTS) is 1. The van der Waals surface area contributed by atoms with Gasteiger partial charge in [0.25, 0.3) is 11.7 Å². The van der Waals surface area contributed by atoms with E-state index in [1.165, 1.54) is 23.2 Å². The number of hydrogen-bond acceptors (Lipinski definition) is 5. The van der Waals surface area contributed by atoms with Crippen molar-refractivity contribution in [2.24, 2.45) is 0 Å². The highest BCUT2D eigenvalue weighted by molar-refractivity contribution is 6.46. The summed E-state index contributed by atoms with van der Waals surface area (Å²) in [5, 5.41) is 19.5. The number of benzene rings is 1. The number of likely N-dealkylation sites (tertiary alicyclic amines) is 1. The number of aliphatic hydroxyl groups is 1. The highest BCUT2D eigenvalue weighted by Gasteiger charge is 2.46. The van der Waals surface area contributed by atoms with Crippen molar-refractivity contribution in [1.29, 1.82) is 0 Å². The Morgan fingerprint density at radius 1 is 1.11 bits per heavy atom. The summed E-state index contributed by atoms with van der Waals surface area (Å²) in [7, 11) is 0. The molecule has 1 aromatic carbocycles. The van der Waals surface area contributed by atoms with Gasteiger partial charge < -0.3 is 15.1 Å². The fourth-order valence-corrected chi connectivity index (χ4v) is 3.12. The largest absolute Gasteiger partial charge is 0.507 e. The number of hydrogen-bond donors (Lipinski definition) is 2. The number of halogens is 1. The highest BCUT2D eigenvalue weighted by Crippen LogP contribution is 2.38. The lowest BCUT2D eigenvalue weighted by atomic mass is 9.98. The van der Waals surface area contributed by atoms with Crippen LogP contribution in [0.1, 0.15) is 30.1 Å². The van der Waals surface area contributed by atoms with Crippen molar-refractivity contribution < 1.29 is 29.0 Å². The zero-order valence-electron chi connectivity index (χ0n) is 14.7. The van der Waals surface area contributed by atoms with Crippen LogP contribution in [0, 0.1) is 5.82 Å². The van der Waals surface area contributed by atoms with Gasteiger partial charge in [-0.1, -0.05) is 6.07 Å². The topological polar surface area (TPSA) is 108 Å². The number of carbonyl (C=O) groups excluding carboxylic acids is 2. The molecule has 144 valence electrons. The molecule has 0 radical (unpaired) electrons. The van der Waals surface area contributed by atoms with E-state index in [9.17, 15) is 23.9 Å². The summed E-state index contributed by atoms with van der Waals surface area (Å²) in [4.78, 5) is 41.4. The van der Waals surface area contributed by atoms with E-state index < -0.39 is 35.3 Å². The Balaban J connectivity index is 2.07. The lowest BCUT2D eigenvalue weighted by Gasteiger charge is -2.24. The summed E-state index contributed by atoms with van der Waals surface area (Å²) < 4.78 is 13.2. The third-order valence-corrected chi connectivity index (χ3v) is 4.42. The molecule has 2 N–H and O–H groups in total. The Hall–Kier alpha value is -3.55. The Bertz CT molecular complexity index is 941. The molecule has 2 aromatic rings. The minimum absolute atomic E-state index is 0.0122. The number of aliphatic carboxylic acids is 1. The van der Waals surface area contributed by atoms with E-state index in [4.69, 9.17) is 5.11 Å². The molecule has 0 aliphatic carbocycles. The molecular formula is C20H17FN2O5. The Kier molecular flexibility index (Phi) is 5.49. The molecule has 1 aliphatic heterocycles. The SMILES string of the molecule is O=C(O)CCCN1C(=O)C(=O)C(=C(O)c2ccc(F)cc2)[C@@H]1c1ccccn1. The predicted molar refractivity (Wildman–Crippen MR) is 96.5 cm³/mol. The van der Waals surface area contributed by atoms with Gasteiger partial charge in [0.2, 0.25) is 0 Å². The third-order valence-electron chi connectivity index (χ3n) is 4.42. The van der Waals surface area contributed by atoms with Gasteiger partial charge in [0, 0.05) is 24.7 Å². The molecule has 1 aliphatic rings. The molecule has 1 aromatic heterocycles. The molecule has 28 heavy (non-hydrogen) atoms. The van der Waals surface area contributed by atoms with Crippen molar-refractivity contribution in [3.8, 4) is 0 Å². The molecule has 0 spiro atoms. The fraction of sp³-hybridized carbons (Fsp3) is 0.200. The quantitative estimate of drug-likeness (QED) is 0.450. The van der Waals surface area contributed by atoms with Gasteiger partial charge in [0.05, 0.1) is 11.3 Å². The first-order chi connectivity index (χ1) is 13.4. The molecule has 1 saturated heterocycles. The number of carboxylic acids is 1. The van der Waals surface area contributed by atoms with Gasteiger partial charge in [-0.15, -0.1) is 0 Å². The minimum Gasteiger partial charge on any atom is -0.507 e. The Morgan fingerprint density at radius 3 is 2.43 bits per heavy atom. The molecule has 7 nitrogen and oxygen atoms in total. The smallest absolute Gasteiger partial charge is 0.303 e. The van der Waals surface area contributed by atoms with Crippen molar-refractivity contribution in [1.82, 2.24) is 9.88 Å². The van der Waals surface area contributed by atoms with Gasteiger partial charge in [0.1, 0.15) is 17.6 Å². The zero-order chi connectivity index (χ0) is 20.3. The van der Waals surface area contributed by atoms with E-state index in [0.29, 0.717) is 5.69 Å². The third kappa shape index (κ3) is 3.75. The molecule has 3 rings (SSSR count). The van der Waals surface area contributed by atoms with Crippen LogP contribution in [0.25, 0.3) is 5.76 Å². The van der Waals surface area contributed by atoms with Crippen LogP contribution in [0.3, 0.4) is 0 Å². The molecule has 1 fully saturated rings. The van der Waals surface area contributed by atoms with E-state index in [0.717, 1.165) is 12.1 Å².